The second kappa shape index (κ2) is 4.61. The van der Waals surface area contributed by atoms with Crippen molar-refractivity contribution >= 4 is 23.0 Å². The summed E-state index contributed by atoms with van der Waals surface area (Å²) in [5, 5.41) is 7.83. The second-order valence-corrected chi connectivity index (χ2v) is 3.30. The maximum atomic E-state index is 4.46. The lowest BCUT2D eigenvalue weighted by Crippen LogP contribution is -1.99. The normalized spacial score (nSPS) is 12.5. The van der Waals surface area contributed by atoms with Crippen molar-refractivity contribution in [2.75, 3.05) is 0 Å². The molecular formula is C12H12N4. The van der Waals surface area contributed by atoms with Gasteiger partial charge in [0.25, 0.3) is 0 Å². The van der Waals surface area contributed by atoms with E-state index in [9.17, 15) is 0 Å². The zero-order valence-electron chi connectivity index (χ0n) is 9.25. The van der Waals surface area contributed by atoms with Gasteiger partial charge < -0.3 is 0 Å². The Morgan fingerprint density at radius 3 is 2.75 bits per heavy atom. The Hall–Kier alpha value is -2.10. The Balaban J connectivity index is 2.47. The van der Waals surface area contributed by atoms with Crippen LogP contribution in [0.2, 0.25) is 0 Å². The SMILES string of the molecule is C/C=N/N=C(\C)c1cnc2ccccc2n1. The monoisotopic (exact) mass is 212 g/mol. The highest BCUT2D eigenvalue weighted by atomic mass is 15.2. The Kier molecular flexibility index (Phi) is 3.00. The van der Waals surface area contributed by atoms with Crippen molar-refractivity contribution in [3.05, 3.63) is 36.2 Å². The van der Waals surface area contributed by atoms with Crippen molar-refractivity contribution < 1.29 is 0 Å². The fourth-order valence-electron chi connectivity index (χ4n) is 1.33. The molecular weight excluding hydrogens is 200 g/mol. The molecule has 80 valence electrons. The molecule has 0 unspecified atom stereocenters. The minimum Gasteiger partial charge on any atom is -0.252 e. The van der Waals surface area contributed by atoms with Crippen LogP contribution in [-0.4, -0.2) is 21.9 Å². The number of hydrogen-bond acceptors (Lipinski definition) is 4. The smallest absolute Gasteiger partial charge is 0.105 e. The van der Waals surface area contributed by atoms with Crippen LogP contribution in [0.15, 0.2) is 40.7 Å². The zero-order chi connectivity index (χ0) is 11.4. The topological polar surface area (TPSA) is 50.5 Å². The quantitative estimate of drug-likeness (QED) is 0.567. The van der Waals surface area contributed by atoms with Crippen molar-refractivity contribution in [3.63, 3.8) is 0 Å². The molecule has 0 N–H and O–H groups in total. The average molecular weight is 212 g/mol. The largest absolute Gasteiger partial charge is 0.252 e. The molecule has 2 aromatic rings. The fraction of sp³-hybridized carbons (Fsp3) is 0.167. The van der Waals surface area contributed by atoms with Crippen LogP contribution in [-0.2, 0) is 0 Å². The summed E-state index contributed by atoms with van der Waals surface area (Å²) in [6.07, 6.45) is 3.35. The summed E-state index contributed by atoms with van der Waals surface area (Å²) in [6, 6.07) is 7.75. The van der Waals surface area contributed by atoms with Gasteiger partial charge in [0.05, 0.1) is 22.9 Å². The molecule has 0 atom stereocenters. The van der Waals surface area contributed by atoms with E-state index in [0.717, 1.165) is 22.4 Å². The highest BCUT2D eigenvalue weighted by Gasteiger charge is 2.01. The molecule has 0 spiro atoms. The Morgan fingerprint density at radius 2 is 2.00 bits per heavy atom. The van der Waals surface area contributed by atoms with Crippen LogP contribution in [0, 0.1) is 0 Å². The molecule has 2 rings (SSSR count). The van der Waals surface area contributed by atoms with E-state index in [1.54, 1.807) is 12.4 Å². The predicted molar refractivity (Wildman–Crippen MR) is 65.9 cm³/mol. The summed E-state index contributed by atoms with van der Waals surface area (Å²) in [6.45, 7) is 3.69. The van der Waals surface area contributed by atoms with Crippen LogP contribution in [0.3, 0.4) is 0 Å². The van der Waals surface area contributed by atoms with Gasteiger partial charge in [0.2, 0.25) is 0 Å². The summed E-state index contributed by atoms with van der Waals surface area (Å²) in [7, 11) is 0. The van der Waals surface area contributed by atoms with Gasteiger partial charge in [-0.2, -0.15) is 10.2 Å². The molecule has 16 heavy (non-hydrogen) atoms. The van der Waals surface area contributed by atoms with E-state index in [1.165, 1.54) is 0 Å². The maximum Gasteiger partial charge on any atom is 0.105 e. The van der Waals surface area contributed by atoms with Crippen molar-refractivity contribution in [2.45, 2.75) is 13.8 Å². The maximum absolute atomic E-state index is 4.46. The van der Waals surface area contributed by atoms with E-state index >= 15 is 0 Å². The molecule has 1 aromatic carbocycles. The second-order valence-electron chi connectivity index (χ2n) is 3.30. The molecule has 0 radical (unpaired) electrons. The molecule has 0 fully saturated rings. The lowest BCUT2D eigenvalue weighted by Gasteiger charge is -2.00. The zero-order valence-corrected chi connectivity index (χ0v) is 9.25. The third kappa shape index (κ3) is 2.11. The van der Waals surface area contributed by atoms with Crippen LogP contribution in [0.25, 0.3) is 11.0 Å². The lowest BCUT2D eigenvalue weighted by molar-refractivity contribution is 1.20. The minimum absolute atomic E-state index is 0.754. The van der Waals surface area contributed by atoms with Crippen LogP contribution >= 0.6 is 0 Å². The van der Waals surface area contributed by atoms with E-state index in [2.05, 4.69) is 20.2 Å². The number of benzene rings is 1. The highest BCUT2D eigenvalue weighted by Crippen LogP contribution is 2.08. The van der Waals surface area contributed by atoms with Gasteiger partial charge in [-0.15, -0.1) is 0 Å². The third-order valence-corrected chi connectivity index (χ3v) is 2.14. The van der Waals surface area contributed by atoms with Gasteiger partial charge in [-0.25, -0.2) is 4.98 Å². The Labute approximate surface area is 93.8 Å². The van der Waals surface area contributed by atoms with Gasteiger partial charge in [-0.05, 0) is 26.0 Å². The van der Waals surface area contributed by atoms with Gasteiger partial charge in [0.1, 0.15) is 5.69 Å². The molecule has 0 aliphatic rings. The fourth-order valence-corrected chi connectivity index (χ4v) is 1.33. The van der Waals surface area contributed by atoms with Crippen molar-refractivity contribution in [2.24, 2.45) is 10.2 Å². The number of nitrogens with zero attached hydrogens (tertiary/aromatic N) is 4. The molecule has 0 saturated carbocycles. The van der Waals surface area contributed by atoms with Crippen molar-refractivity contribution in [1.29, 1.82) is 0 Å². The first-order chi connectivity index (χ1) is 7.81. The van der Waals surface area contributed by atoms with E-state index in [-0.39, 0.29) is 0 Å². The molecule has 1 aromatic heterocycles. The van der Waals surface area contributed by atoms with E-state index in [0.29, 0.717) is 0 Å². The minimum atomic E-state index is 0.754. The van der Waals surface area contributed by atoms with Gasteiger partial charge in [-0.1, -0.05) is 12.1 Å². The van der Waals surface area contributed by atoms with Gasteiger partial charge in [0, 0.05) is 6.21 Å². The molecule has 0 aliphatic carbocycles. The number of aromatic nitrogens is 2. The van der Waals surface area contributed by atoms with Crippen LogP contribution in [0.5, 0.6) is 0 Å². The van der Waals surface area contributed by atoms with Crippen molar-refractivity contribution in [3.8, 4) is 0 Å². The highest BCUT2D eigenvalue weighted by molar-refractivity contribution is 5.98. The number of para-hydroxylation sites is 2. The number of rotatable bonds is 2. The molecule has 1 heterocycles. The Morgan fingerprint density at radius 1 is 1.25 bits per heavy atom. The summed E-state index contributed by atoms with van der Waals surface area (Å²) in [5.74, 6) is 0. The molecule has 4 heteroatoms. The van der Waals surface area contributed by atoms with Gasteiger partial charge >= 0.3 is 0 Å². The molecule has 0 bridgehead atoms. The predicted octanol–water partition coefficient (Wildman–Crippen LogP) is 2.44. The van der Waals surface area contributed by atoms with Crippen LogP contribution in [0.4, 0.5) is 0 Å². The first kappa shape index (κ1) is 10.4. The van der Waals surface area contributed by atoms with E-state index in [4.69, 9.17) is 0 Å². The summed E-state index contributed by atoms with van der Waals surface area (Å²) in [4.78, 5) is 8.78. The van der Waals surface area contributed by atoms with Gasteiger partial charge in [0.15, 0.2) is 0 Å². The Bertz CT molecular complexity index is 558. The molecule has 0 amide bonds. The lowest BCUT2D eigenvalue weighted by atomic mass is 10.2. The van der Waals surface area contributed by atoms with Crippen LogP contribution in [0.1, 0.15) is 19.5 Å². The van der Waals surface area contributed by atoms with E-state index < -0.39 is 0 Å². The molecule has 4 nitrogen and oxygen atoms in total. The first-order valence-corrected chi connectivity index (χ1v) is 5.05. The standard InChI is InChI=1S/C12H12N4/c1-3-14-16-9(2)12-8-13-10-6-4-5-7-11(10)15-12/h3-8H,1-2H3/b14-3+,16-9+. The van der Waals surface area contributed by atoms with Gasteiger partial charge in [-0.3, -0.25) is 4.98 Å². The summed E-state index contributed by atoms with van der Waals surface area (Å²) >= 11 is 0. The average Bonchev–Trinajstić information content (AvgIpc) is 2.35. The number of hydrogen-bond donors (Lipinski definition) is 0. The van der Waals surface area contributed by atoms with Crippen molar-refractivity contribution in [1.82, 2.24) is 9.97 Å². The van der Waals surface area contributed by atoms with Crippen LogP contribution < -0.4 is 0 Å². The number of fused-ring (bicyclic) bond motifs is 1. The molecule has 0 saturated heterocycles. The third-order valence-electron chi connectivity index (χ3n) is 2.14. The summed E-state index contributed by atoms with van der Waals surface area (Å²) < 4.78 is 0. The van der Waals surface area contributed by atoms with E-state index in [1.807, 2.05) is 38.1 Å². The first-order valence-electron chi connectivity index (χ1n) is 5.05. The molecule has 0 aliphatic heterocycles. The summed E-state index contributed by atoms with van der Waals surface area (Å²) in [5.41, 5.74) is 3.27.